The van der Waals surface area contributed by atoms with Crippen LogP contribution in [0, 0.1) is 6.92 Å². The van der Waals surface area contributed by atoms with E-state index in [4.69, 9.17) is 0 Å². The molecule has 42 heavy (non-hydrogen) atoms. The number of rotatable bonds is 11. The fraction of sp³-hybridized carbons (Fsp3) is 0.150. The van der Waals surface area contributed by atoms with E-state index in [2.05, 4.69) is 170 Å². The van der Waals surface area contributed by atoms with Crippen molar-refractivity contribution in [3.05, 3.63) is 169 Å². The van der Waals surface area contributed by atoms with Crippen molar-refractivity contribution in [1.29, 1.82) is 0 Å². The van der Waals surface area contributed by atoms with Crippen LogP contribution in [-0.4, -0.2) is 0 Å². The highest BCUT2D eigenvalue weighted by atomic mass is 15.2. The first kappa shape index (κ1) is 28.7. The first-order chi connectivity index (χ1) is 20.7. The topological polar surface area (TPSA) is 6.48 Å². The summed E-state index contributed by atoms with van der Waals surface area (Å²) in [7, 11) is 0. The minimum Gasteiger partial charge on any atom is -0.311 e. The van der Waals surface area contributed by atoms with Gasteiger partial charge < -0.3 is 9.80 Å². The molecule has 5 rings (SSSR count). The first-order valence-electron chi connectivity index (χ1n) is 14.9. The molecule has 210 valence electrons. The summed E-state index contributed by atoms with van der Waals surface area (Å²) in [6, 6.07) is 37.1. The predicted molar refractivity (Wildman–Crippen MR) is 183 cm³/mol. The maximum absolute atomic E-state index is 3.87. The molecular weight excluding hydrogens is 508 g/mol. The number of hydrogen-bond donors (Lipinski definition) is 0. The highest BCUT2D eigenvalue weighted by molar-refractivity contribution is 5.76. The van der Waals surface area contributed by atoms with Crippen LogP contribution in [0.5, 0.6) is 0 Å². The molecule has 0 spiro atoms. The molecule has 1 aliphatic rings. The third-order valence-corrected chi connectivity index (χ3v) is 7.36. The van der Waals surface area contributed by atoms with Gasteiger partial charge in [-0.1, -0.05) is 91.9 Å². The number of anilines is 4. The molecule has 0 radical (unpaired) electrons. The summed E-state index contributed by atoms with van der Waals surface area (Å²) in [5.74, 6) is 0. The molecule has 0 saturated carbocycles. The lowest BCUT2D eigenvalue weighted by Crippen LogP contribution is -2.16. The standard InChI is InChI=1S/C40H40N2/c1-4-6-9-17-35(15-5-2)41(36-18-10-7-11-19-36)38-27-23-33(24-28-38)34-25-29-39(30-26-34)42(37-20-12-8-13-21-37)40-22-14-16-32(3)31-40/h4,7,9-12,14-31H,1,5-6,8,13H2,2-3H3/b17-9+,35-15+. The second-order valence-electron chi connectivity index (χ2n) is 10.5. The second kappa shape index (κ2) is 14.2. The molecule has 0 N–H and O–H groups in total. The van der Waals surface area contributed by atoms with Gasteiger partial charge in [0.25, 0.3) is 0 Å². The van der Waals surface area contributed by atoms with Gasteiger partial charge in [-0.25, -0.2) is 0 Å². The van der Waals surface area contributed by atoms with Gasteiger partial charge in [-0.05, 0) is 110 Å². The summed E-state index contributed by atoms with van der Waals surface area (Å²) in [6.45, 7) is 8.20. The summed E-state index contributed by atoms with van der Waals surface area (Å²) >= 11 is 0. The van der Waals surface area contributed by atoms with Crippen LogP contribution in [0.1, 0.15) is 38.2 Å². The second-order valence-corrected chi connectivity index (χ2v) is 10.5. The number of allylic oxidation sites excluding steroid dienone is 7. The Hall–Kier alpha value is -4.82. The number of benzene rings is 4. The van der Waals surface area contributed by atoms with Crippen LogP contribution in [-0.2, 0) is 0 Å². The van der Waals surface area contributed by atoms with Crippen molar-refractivity contribution >= 4 is 22.7 Å². The molecule has 1 aliphatic carbocycles. The monoisotopic (exact) mass is 548 g/mol. The molecule has 0 fully saturated rings. The molecule has 2 nitrogen and oxygen atoms in total. The Morgan fingerprint density at radius 2 is 1.43 bits per heavy atom. The smallest absolute Gasteiger partial charge is 0.0464 e. The Morgan fingerprint density at radius 3 is 2.05 bits per heavy atom. The van der Waals surface area contributed by atoms with E-state index in [1.54, 1.807) is 0 Å². The van der Waals surface area contributed by atoms with E-state index >= 15 is 0 Å². The Morgan fingerprint density at radius 1 is 0.762 bits per heavy atom. The van der Waals surface area contributed by atoms with Gasteiger partial charge >= 0.3 is 0 Å². The number of para-hydroxylation sites is 1. The SMILES string of the molecule is C=CC/C=C/C(=C\CC)N(c1ccccc1)c1ccc(-c2ccc(N(C3=CCCC=C3)c3cccc(C)c3)cc2)cc1. The Balaban J connectivity index is 1.45. The van der Waals surface area contributed by atoms with Crippen molar-refractivity contribution in [2.75, 3.05) is 9.80 Å². The van der Waals surface area contributed by atoms with E-state index in [9.17, 15) is 0 Å². The molecule has 4 aromatic rings. The molecule has 0 atom stereocenters. The summed E-state index contributed by atoms with van der Waals surface area (Å²) in [5, 5.41) is 0. The Labute approximate surface area is 252 Å². The zero-order valence-corrected chi connectivity index (χ0v) is 24.8. The lowest BCUT2D eigenvalue weighted by atomic mass is 10.0. The normalized spacial score (nSPS) is 13.2. The van der Waals surface area contributed by atoms with Gasteiger partial charge in [0.05, 0.1) is 0 Å². The van der Waals surface area contributed by atoms with Gasteiger partial charge in [0.15, 0.2) is 0 Å². The van der Waals surface area contributed by atoms with Crippen LogP contribution < -0.4 is 9.80 Å². The molecule has 0 heterocycles. The van der Waals surface area contributed by atoms with Crippen LogP contribution in [0.4, 0.5) is 22.7 Å². The van der Waals surface area contributed by atoms with Crippen LogP contribution in [0.15, 0.2) is 164 Å². The van der Waals surface area contributed by atoms with Gasteiger partial charge in [0.1, 0.15) is 0 Å². The van der Waals surface area contributed by atoms with E-state index < -0.39 is 0 Å². The van der Waals surface area contributed by atoms with Crippen molar-refractivity contribution < 1.29 is 0 Å². The van der Waals surface area contributed by atoms with Crippen molar-refractivity contribution in [3.63, 3.8) is 0 Å². The van der Waals surface area contributed by atoms with E-state index in [-0.39, 0.29) is 0 Å². The van der Waals surface area contributed by atoms with Crippen molar-refractivity contribution in [2.45, 2.75) is 39.5 Å². The zero-order valence-electron chi connectivity index (χ0n) is 24.8. The fourth-order valence-corrected chi connectivity index (χ4v) is 5.34. The van der Waals surface area contributed by atoms with Crippen molar-refractivity contribution in [1.82, 2.24) is 0 Å². The summed E-state index contributed by atoms with van der Waals surface area (Å²) in [5.41, 5.74) is 10.6. The molecule has 4 aromatic carbocycles. The third-order valence-electron chi connectivity index (χ3n) is 7.36. The summed E-state index contributed by atoms with van der Waals surface area (Å²) in [4.78, 5) is 4.68. The van der Waals surface area contributed by atoms with Gasteiger partial charge in [-0.15, -0.1) is 6.58 Å². The fourth-order valence-electron chi connectivity index (χ4n) is 5.34. The molecule has 2 heteroatoms. The number of hydrogen-bond acceptors (Lipinski definition) is 2. The Bertz CT molecular complexity index is 1590. The van der Waals surface area contributed by atoms with Crippen molar-refractivity contribution in [2.24, 2.45) is 0 Å². The highest BCUT2D eigenvalue weighted by Crippen LogP contribution is 2.36. The van der Waals surface area contributed by atoms with Gasteiger partial charge in [-0.2, -0.15) is 0 Å². The molecule has 0 aromatic heterocycles. The lowest BCUT2D eigenvalue weighted by molar-refractivity contribution is 0.997. The average Bonchev–Trinajstić information content (AvgIpc) is 3.03. The maximum atomic E-state index is 3.87. The minimum absolute atomic E-state index is 0.841. The summed E-state index contributed by atoms with van der Waals surface area (Å²) in [6.07, 6.45) is 19.4. The van der Waals surface area contributed by atoms with Gasteiger partial charge in [-0.3, -0.25) is 0 Å². The van der Waals surface area contributed by atoms with Gasteiger partial charge in [0, 0.05) is 34.1 Å². The molecule has 0 unspecified atom stereocenters. The molecule has 0 saturated heterocycles. The number of nitrogens with zero attached hydrogens (tertiary/aromatic N) is 2. The van der Waals surface area contributed by atoms with E-state index in [0.29, 0.717) is 0 Å². The third kappa shape index (κ3) is 6.90. The maximum Gasteiger partial charge on any atom is 0.0464 e. The van der Waals surface area contributed by atoms with Crippen molar-refractivity contribution in [3.8, 4) is 11.1 Å². The average molecular weight is 549 g/mol. The van der Waals surface area contributed by atoms with E-state index in [0.717, 1.165) is 48.4 Å². The molecule has 0 bridgehead atoms. The van der Waals surface area contributed by atoms with E-state index in [1.807, 2.05) is 6.08 Å². The Kier molecular flexibility index (Phi) is 9.69. The van der Waals surface area contributed by atoms with Crippen LogP contribution >= 0.6 is 0 Å². The minimum atomic E-state index is 0.841. The molecule has 0 aliphatic heterocycles. The largest absolute Gasteiger partial charge is 0.311 e. The molecular formula is C40H40N2. The van der Waals surface area contributed by atoms with E-state index in [1.165, 1.54) is 28.1 Å². The van der Waals surface area contributed by atoms with Crippen LogP contribution in [0.25, 0.3) is 11.1 Å². The van der Waals surface area contributed by atoms with Gasteiger partial charge in [0.2, 0.25) is 0 Å². The lowest BCUT2D eigenvalue weighted by Gasteiger charge is -2.28. The highest BCUT2D eigenvalue weighted by Gasteiger charge is 2.16. The quantitative estimate of drug-likeness (QED) is 0.136. The summed E-state index contributed by atoms with van der Waals surface area (Å²) < 4.78 is 0. The number of aryl methyl sites for hydroxylation is 1. The predicted octanol–water partition coefficient (Wildman–Crippen LogP) is 11.6. The zero-order chi connectivity index (χ0) is 29.1. The first-order valence-corrected chi connectivity index (χ1v) is 14.9. The van der Waals surface area contributed by atoms with Crippen LogP contribution in [0.2, 0.25) is 0 Å². The molecule has 0 amide bonds. The van der Waals surface area contributed by atoms with Crippen LogP contribution in [0.3, 0.4) is 0 Å².